The Balaban J connectivity index is 2.21. The van der Waals surface area contributed by atoms with Crippen LogP contribution in [0.25, 0.3) is 0 Å². The smallest absolute Gasteiger partial charge is 0.314 e. The van der Waals surface area contributed by atoms with Crippen LogP contribution < -0.4 is 4.74 Å². The van der Waals surface area contributed by atoms with Crippen LogP contribution in [-0.2, 0) is 13.0 Å². The summed E-state index contributed by atoms with van der Waals surface area (Å²) in [6, 6.07) is 14.7. The average molecular weight is 298 g/mol. The highest BCUT2D eigenvalue weighted by atomic mass is 16.6. The highest BCUT2D eigenvalue weighted by Crippen LogP contribution is 2.31. The van der Waals surface area contributed by atoms with Gasteiger partial charge in [0, 0.05) is 24.7 Å². The topological polar surface area (TPSA) is 64.7 Å². The number of nitrogens with zero attached hydrogens (tertiary/aromatic N) is 2. The van der Waals surface area contributed by atoms with Crippen LogP contribution in [-0.4, -0.2) is 17.7 Å². The van der Waals surface area contributed by atoms with Gasteiger partial charge >= 0.3 is 5.69 Å². The third-order valence-corrected chi connectivity index (χ3v) is 3.13. The Morgan fingerprint density at radius 2 is 1.95 bits per heavy atom. The molecule has 2 aromatic rings. The predicted molar refractivity (Wildman–Crippen MR) is 86.6 cm³/mol. The fraction of sp³-hybridized carbons (Fsp3) is 0.235. The number of nitro groups is 1. The second-order valence-electron chi connectivity index (χ2n) is 4.68. The van der Waals surface area contributed by atoms with Crippen molar-refractivity contribution in [2.24, 2.45) is 4.99 Å². The zero-order valence-electron chi connectivity index (χ0n) is 12.4. The fourth-order valence-electron chi connectivity index (χ4n) is 2.08. The summed E-state index contributed by atoms with van der Waals surface area (Å²) < 4.78 is 5.65. The number of para-hydroxylation sites is 1. The van der Waals surface area contributed by atoms with Gasteiger partial charge in [-0.2, -0.15) is 0 Å². The van der Waals surface area contributed by atoms with Gasteiger partial charge in [-0.25, -0.2) is 0 Å². The summed E-state index contributed by atoms with van der Waals surface area (Å²) in [6.45, 7) is 2.89. The second-order valence-corrected chi connectivity index (χ2v) is 4.68. The van der Waals surface area contributed by atoms with Crippen molar-refractivity contribution in [3.63, 3.8) is 0 Å². The van der Waals surface area contributed by atoms with Gasteiger partial charge in [-0.15, -0.1) is 0 Å². The quantitative estimate of drug-likeness (QED) is 0.443. The number of hydrogen-bond donors (Lipinski definition) is 0. The highest BCUT2D eigenvalue weighted by molar-refractivity contribution is 5.66. The minimum Gasteiger partial charge on any atom is -0.482 e. The van der Waals surface area contributed by atoms with E-state index in [1.165, 1.54) is 0 Å². The normalized spacial score (nSPS) is 10.8. The maximum Gasteiger partial charge on any atom is 0.314 e. The molecule has 2 aromatic carbocycles. The van der Waals surface area contributed by atoms with Crippen molar-refractivity contribution in [1.82, 2.24) is 0 Å². The van der Waals surface area contributed by atoms with Crippen LogP contribution in [0.3, 0.4) is 0 Å². The summed E-state index contributed by atoms with van der Waals surface area (Å²) in [7, 11) is 0. The number of rotatable bonds is 7. The van der Waals surface area contributed by atoms with Gasteiger partial charge in [0.2, 0.25) is 0 Å². The molecule has 0 saturated heterocycles. The lowest BCUT2D eigenvalue weighted by Crippen LogP contribution is -2.02. The van der Waals surface area contributed by atoms with E-state index in [2.05, 4.69) is 4.99 Å². The molecule has 0 unspecified atom stereocenters. The average Bonchev–Trinajstić information content (AvgIpc) is 2.54. The first kappa shape index (κ1) is 15.7. The van der Waals surface area contributed by atoms with E-state index < -0.39 is 4.92 Å². The van der Waals surface area contributed by atoms with Gasteiger partial charge in [-0.1, -0.05) is 42.5 Å². The van der Waals surface area contributed by atoms with Gasteiger partial charge in [0.25, 0.3) is 0 Å². The molecule has 5 heteroatoms. The first-order valence-electron chi connectivity index (χ1n) is 7.13. The van der Waals surface area contributed by atoms with E-state index in [9.17, 15) is 10.1 Å². The molecule has 0 aliphatic carbocycles. The van der Waals surface area contributed by atoms with E-state index in [-0.39, 0.29) is 11.4 Å². The minimum absolute atomic E-state index is 0.0148. The van der Waals surface area contributed by atoms with Gasteiger partial charge in [0.15, 0.2) is 5.75 Å². The Labute approximate surface area is 129 Å². The Kier molecular flexibility index (Phi) is 5.65. The lowest BCUT2D eigenvalue weighted by molar-refractivity contribution is -0.386. The summed E-state index contributed by atoms with van der Waals surface area (Å²) in [5.41, 5.74) is 1.59. The third kappa shape index (κ3) is 4.15. The summed E-state index contributed by atoms with van der Waals surface area (Å²) in [5.74, 6) is 0.288. The van der Waals surface area contributed by atoms with E-state index in [1.54, 1.807) is 24.4 Å². The Morgan fingerprint density at radius 3 is 2.64 bits per heavy atom. The molecule has 0 spiro atoms. The standard InChI is InChI=1S/C17H18N2O3/c1-2-18-12-11-15-9-6-10-16(17(15)19(20)21)22-13-14-7-4-3-5-8-14/h3-10,12H,2,11,13H2,1H3. The number of ether oxygens (including phenoxy) is 1. The molecule has 0 N–H and O–H groups in total. The van der Waals surface area contributed by atoms with Crippen molar-refractivity contribution in [2.45, 2.75) is 20.0 Å². The third-order valence-electron chi connectivity index (χ3n) is 3.13. The first-order chi connectivity index (χ1) is 10.7. The summed E-state index contributed by atoms with van der Waals surface area (Å²) in [5, 5.41) is 11.4. The van der Waals surface area contributed by atoms with Crippen molar-refractivity contribution >= 4 is 11.9 Å². The number of nitro benzene ring substituents is 1. The SMILES string of the molecule is CCN=CCc1cccc(OCc2ccccc2)c1[N+](=O)[O-]. The lowest BCUT2D eigenvalue weighted by Gasteiger charge is -2.09. The molecule has 0 saturated carbocycles. The largest absolute Gasteiger partial charge is 0.482 e. The molecule has 0 fully saturated rings. The van der Waals surface area contributed by atoms with Crippen LogP contribution in [0.15, 0.2) is 53.5 Å². The van der Waals surface area contributed by atoms with Crippen LogP contribution >= 0.6 is 0 Å². The summed E-state index contributed by atoms with van der Waals surface area (Å²) in [4.78, 5) is 15.1. The minimum atomic E-state index is -0.393. The van der Waals surface area contributed by atoms with E-state index >= 15 is 0 Å². The predicted octanol–water partition coefficient (Wildman–Crippen LogP) is 3.81. The summed E-state index contributed by atoms with van der Waals surface area (Å²) in [6.07, 6.45) is 2.12. The van der Waals surface area contributed by atoms with Gasteiger partial charge in [-0.3, -0.25) is 15.1 Å². The second kappa shape index (κ2) is 7.93. The van der Waals surface area contributed by atoms with Crippen molar-refractivity contribution < 1.29 is 9.66 Å². The van der Waals surface area contributed by atoms with Crippen LogP contribution in [0.2, 0.25) is 0 Å². The van der Waals surface area contributed by atoms with E-state index in [4.69, 9.17) is 4.74 Å². The fourth-order valence-corrected chi connectivity index (χ4v) is 2.08. The van der Waals surface area contributed by atoms with Crippen LogP contribution in [0, 0.1) is 10.1 Å². The highest BCUT2D eigenvalue weighted by Gasteiger charge is 2.20. The molecular formula is C17H18N2O3. The zero-order chi connectivity index (χ0) is 15.8. The van der Waals surface area contributed by atoms with Crippen molar-refractivity contribution in [3.8, 4) is 5.75 Å². The number of hydrogen-bond acceptors (Lipinski definition) is 4. The van der Waals surface area contributed by atoms with Gasteiger partial charge in [0.1, 0.15) is 6.61 Å². The Hall–Kier alpha value is -2.69. The first-order valence-corrected chi connectivity index (χ1v) is 7.13. The molecule has 0 heterocycles. The molecule has 0 radical (unpaired) electrons. The maximum atomic E-state index is 11.4. The monoisotopic (exact) mass is 298 g/mol. The maximum absolute atomic E-state index is 11.4. The summed E-state index contributed by atoms with van der Waals surface area (Å²) >= 11 is 0. The molecule has 0 atom stereocenters. The van der Waals surface area contributed by atoms with Crippen molar-refractivity contribution in [3.05, 3.63) is 69.8 Å². The van der Waals surface area contributed by atoms with Crippen molar-refractivity contribution in [2.75, 3.05) is 6.54 Å². The molecule has 2 rings (SSSR count). The van der Waals surface area contributed by atoms with Crippen LogP contribution in [0.5, 0.6) is 5.75 Å². The molecule has 0 aromatic heterocycles. The Bertz CT molecular complexity index is 654. The van der Waals surface area contributed by atoms with Crippen LogP contribution in [0.4, 0.5) is 5.69 Å². The van der Waals surface area contributed by atoms with Gasteiger partial charge in [-0.05, 0) is 18.6 Å². The zero-order valence-corrected chi connectivity index (χ0v) is 12.4. The van der Waals surface area contributed by atoms with Gasteiger partial charge < -0.3 is 4.74 Å². The molecular weight excluding hydrogens is 280 g/mol. The van der Waals surface area contributed by atoms with Crippen molar-refractivity contribution in [1.29, 1.82) is 0 Å². The molecule has 0 amide bonds. The van der Waals surface area contributed by atoms with Gasteiger partial charge in [0.05, 0.1) is 4.92 Å². The molecule has 0 bridgehead atoms. The number of aliphatic imine (C=N–C) groups is 1. The molecule has 22 heavy (non-hydrogen) atoms. The molecule has 114 valence electrons. The molecule has 0 aliphatic heterocycles. The molecule has 0 aliphatic rings. The van der Waals surface area contributed by atoms with E-state index in [0.29, 0.717) is 25.1 Å². The van der Waals surface area contributed by atoms with E-state index in [1.807, 2.05) is 37.3 Å². The molecule has 5 nitrogen and oxygen atoms in total. The van der Waals surface area contributed by atoms with E-state index in [0.717, 1.165) is 5.56 Å². The number of benzene rings is 2. The Morgan fingerprint density at radius 1 is 1.18 bits per heavy atom. The lowest BCUT2D eigenvalue weighted by atomic mass is 10.1. The van der Waals surface area contributed by atoms with Crippen LogP contribution in [0.1, 0.15) is 18.1 Å².